The van der Waals surface area contributed by atoms with Gasteiger partial charge >= 0.3 is 23.1 Å². The number of carbonyl (C=O) groups is 2. The van der Waals surface area contributed by atoms with Crippen molar-refractivity contribution in [1.29, 1.82) is 0 Å². The molecule has 24 heavy (non-hydrogen) atoms. The summed E-state index contributed by atoms with van der Waals surface area (Å²) in [6.07, 6.45) is -0.0602. The molecule has 1 aliphatic heterocycles. The SMILES string of the molecule is O=C1OC2C3CC(CC13)C2C(=O)OCC(F)(F)C(F)(F)S(=O)(=O)[O-]. The number of hydrogen-bond donors (Lipinski definition) is 0. The van der Waals surface area contributed by atoms with Crippen LogP contribution in [0.4, 0.5) is 17.6 Å². The number of alkyl halides is 4. The van der Waals surface area contributed by atoms with Crippen LogP contribution >= 0.6 is 0 Å². The van der Waals surface area contributed by atoms with Gasteiger partial charge in [0.2, 0.25) is 0 Å². The number of ether oxygens (including phenoxy) is 2. The Bertz CT molecular complexity index is 692. The molecule has 2 aliphatic carbocycles. The van der Waals surface area contributed by atoms with Gasteiger partial charge in [-0.1, -0.05) is 0 Å². The molecule has 2 saturated carbocycles. The molecule has 0 aromatic heterocycles. The lowest BCUT2D eigenvalue weighted by Gasteiger charge is -2.29. The summed E-state index contributed by atoms with van der Waals surface area (Å²) < 4.78 is 92.5. The van der Waals surface area contributed by atoms with Gasteiger partial charge in [-0.15, -0.1) is 0 Å². The molecule has 0 spiro atoms. The predicted octanol–water partition coefficient (Wildman–Crippen LogP) is 0.501. The summed E-state index contributed by atoms with van der Waals surface area (Å²) in [5, 5.41) is -5.92. The second kappa shape index (κ2) is 5.04. The molecule has 1 heterocycles. The number of hydrogen-bond acceptors (Lipinski definition) is 7. The van der Waals surface area contributed by atoms with Crippen LogP contribution in [0.5, 0.6) is 0 Å². The number of carbonyl (C=O) groups excluding carboxylic acids is 2. The van der Waals surface area contributed by atoms with Crippen molar-refractivity contribution in [2.75, 3.05) is 6.61 Å². The first-order chi connectivity index (χ1) is 10.9. The molecule has 0 radical (unpaired) electrons. The van der Waals surface area contributed by atoms with Crippen molar-refractivity contribution in [3.8, 4) is 0 Å². The molecule has 0 aromatic rings. The first-order valence-corrected chi connectivity index (χ1v) is 8.36. The summed E-state index contributed by atoms with van der Waals surface area (Å²) in [7, 11) is -6.65. The Balaban J connectivity index is 1.68. The minimum absolute atomic E-state index is 0.232. The fourth-order valence-electron chi connectivity index (χ4n) is 3.81. The minimum Gasteiger partial charge on any atom is -0.743 e. The Kier molecular flexibility index (Phi) is 3.65. The van der Waals surface area contributed by atoms with E-state index in [0.29, 0.717) is 12.8 Å². The lowest BCUT2D eigenvalue weighted by Crippen LogP contribution is -2.50. The first kappa shape index (κ1) is 17.4. The molecule has 3 aliphatic rings. The van der Waals surface area contributed by atoms with Crippen LogP contribution in [0.15, 0.2) is 0 Å². The average molecular weight is 375 g/mol. The summed E-state index contributed by atoms with van der Waals surface area (Å²) in [6, 6.07) is 0. The minimum atomic E-state index is -6.65. The smallest absolute Gasteiger partial charge is 0.399 e. The molecule has 3 fully saturated rings. The molecule has 0 amide bonds. The van der Waals surface area contributed by atoms with Gasteiger partial charge in [-0.25, -0.2) is 8.42 Å². The van der Waals surface area contributed by atoms with E-state index in [1.807, 2.05) is 0 Å². The van der Waals surface area contributed by atoms with E-state index in [2.05, 4.69) is 4.74 Å². The molecular weight excluding hydrogens is 364 g/mol. The molecule has 1 saturated heterocycles. The predicted molar refractivity (Wildman–Crippen MR) is 63.6 cm³/mol. The van der Waals surface area contributed by atoms with Gasteiger partial charge in [0, 0.05) is 5.92 Å². The number of fused-ring (bicyclic) bond motifs is 1. The highest BCUT2D eigenvalue weighted by Gasteiger charge is 2.65. The van der Waals surface area contributed by atoms with E-state index in [4.69, 9.17) is 4.74 Å². The van der Waals surface area contributed by atoms with E-state index in [1.54, 1.807) is 0 Å². The number of esters is 2. The largest absolute Gasteiger partial charge is 0.743 e. The highest BCUT2D eigenvalue weighted by molar-refractivity contribution is 7.86. The van der Waals surface area contributed by atoms with Crippen molar-refractivity contribution < 1.29 is 49.6 Å². The molecule has 2 bridgehead atoms. The van der Waals surface area contributed by atoms with Crippen LogP contribution in [0.1, 0.15) is 12.8 Å². The lowest BCUT2D eigenvalue weighted by molar-refractivity contribution is -0.200. The van der Waals surface area contributed by atoms with Crippen molar-refractivity contribution in [1.82, 2.24) is 0 Å². The molecule has 0 N–H and O–H groups in total. The highest BCUT2D eigenvalue weighted by atomic mass is 32.2. The van der Waals surface area contributed by atoms with Gasteiger partial charge in [0.15, 0.2) is 16.7 Å². The van der Waals surface area contributed by atoms with Gasteiger partial charge in [0.1, 0.15) is 6.10 Å². The average Bonchev–Trinajstić information content (AvgIpc) is 3.05. The summed E-state index contributed by atoms with van der Waals surface area (Å²) in [5.41, 5.74) is 0. The second-order valence-corrected chi connectivity index (χ2v) is 7.63. The summed E-state index contributed by atoms with van der Waals surface area (Å²) in [6.45, 7) is -2.27. The maximum Gasteiger partial charge on any atom is 0.399 e. The van der Waals surface area contributed by atoms with Gasteiger partial charge < -0.3 is 14.0 Å². The Morgan fingerprint density at radius 1 is 1.29 bits per heavy atom. The van der Waals surface area contributed by atoms with E-state index in [-0.39, 0.29) is 17.8 Å². The van der Waals surface area contributed by atoms with Gasteiger partial charge in [-0.3, -0.25) is 9.59 Å². The van der Waals surface area contributed by atoms with Crippen LogP contribution in [0.2, 0.25) is 0 Å². The third-order valence-electron chi connectivity index (χ3n) is 4.89. The Morgan fingerprint density at radius 2 is 1.92 bits per heavy atom. The molecule has 5 atom stereocenters. The molecule has 136 valence electrons. The van der Waals surface area contributed by atoms with Crippen molar-refractivity contribution in [3.05, 3.63) is 0 Å². The molecule has 0 aromatic carbocycles. The highest BCUT2D eigenvalue weighted by Crippen LogP contribution is 2.57. The van der Waals surface area contributed by atoms with Gasteiger partial charge in [-0.05, 0) is 18.8 Å². The fraction of sp³-hybridized carbons (Fsp3) is 0.833. The van der Waals surface area contributed by atoms with Crippen LogP contribution in [0.3, 0.4) is 0 Å². The van der Waals surface area contributed by atoms with Crippen molar-refractivity contribution >= 4 is 22.1 Å². The van der Waals surface area contributed by atoms with Crippen LogP contribution in [-0.4, -0.2) is 48.8 Å². The standard InChI is InChI=1S/C12H12F4O7S/c13-11(14,12(15,16)24(19,20)21)3-22-10(18)7-4-1-5-6(2-4)9(17)23-8(5)7/h4-8H,1-3H2,(H,19,20,21)/p-1. The quantitative estimate of drug-likeness (QED) is 0.391. The monoisotopic (exact) mass is 375 g/mol. The van der Waals surface area contributed by atoms with Crippen LogP contribution < -0.4 is 0 Å². The Morgan fingerprint density at radius 3 is 2.50 bits per heavy atom. The van der Waals surface area contributed by atoms with E-state index in [0.717, 1.165) is 0 Å². The normalized spacial score (nSPS) is 35.2. The maximum absolute atomic E-state index is 13.3. The number of halogens is 4. The Labute approximate surface area is 133 Å². The van der Waals surface area contributed by atoms with Crippen LogP contribution in [0, 0.1) is 23.7 Å². The maximum atomic E-state index is 13.3. The second-order valence-electron chi connectivity index (χ2n) is 6.21. The van der Waals surface area contributed by atoms with Crippen LogP contribution in [-0.2, 0) is 29.2 Å². The van der Waals surface area contributed by atoms with Crippen molar-refractivity contribution in [3.63, 3.8) is 0 Å². The fourth-order valence-corrected chi connectivity index (χ4v) is 4.23. The van der Waals surface area contributed by atoms with Gasteiger partial charge in [0.05, 0.1) is 11.8 Å². The molecule has 7 nitrogen and oxygen atoms in total. The van der Waals surface area contributed by atoms with E-state index < -0.39 is 51.9 Å². The first-order valence-electron chi connectivity index (χ1n) is 6.95. The van der Waals surface area contributed by atoms with E-state index in [9.17, 15) is 40.1 Å². The third kappa shape index (κ3) is 2.30. The summed E-state index contributed by atoms with van der Waals surface area (Å²) in [4.78, 5) is 23.5. The molecular formula is C12H11F4O7S-. The zero-order chi connectivity index (χ0) is 18.1. The van der Waals surface area contributed by atoms with Crippen molar-refractivity contribution in [2.45, 2.75) is 30.1 Å². The third-order valence-corrected chi connectivity index (χ3v) is 5.82. The lowest BCUT2D eigenvalue weighted by atomic mass is 9.82. The zero-order valence-electron chi connectivity index (χ0n) is 11.8. The van der Waals surface area contributed by atoms with Gasteiger partial charge in [-0.2, -0.15) is 17.6 Å². The zero-order valence-corrected chi connectivity index (χ0v) is 12.6. The van der Waals surface area contributed by atoms with Crippen LogP contribution in [0.25, 0.3) is 0 Å². The molecule has 5 unspecified atom stereocenters. The van der Waals surface area contributed by atoms with E-state index in [1.165, 1.54) is 0 Å². The molecule has 3 rings (SSSR count). The number of rotatable bonds is 5. The topological polar surface area (TPSA) is 110 Å². The van der Waals surface area contributed by atoms with E-state index >= 15 is 0 Å². The van der Waals surface area contributed by atoms with Crippen molar-refractivity contribution in [2.24, 2.45) is 23.7 Å². The van der Waals surface area contributed by atoms with Gasteiger partial charge in [0.25, 0.3) is 0 Å². The Hall–Kier alpha value is -1.43. The summed E-state index contributed by atoms with van der Waals surface area (Å²) >= 11 is 0. The molecule has 12 heteroatoms. The summed E-state index contributed by atoms with van der Waals surface area (Å²) in [5.74, 6) is -9.12.